The standard InChI is InChI=1S/C21H14ClNO5/c22-17-10-11-19(23(26)27)18(12-17)21(25)28-13-20(24)16-8-6-15(7-9-16)14-4-2-1-3-5-14/h1-12H,13H2. The fourth-order valence-corrected chi connectivity index (χ4v) is 2.77. The van der Waals surface area contributed by atoms with Gasteiger partial charge in [0, 0.05) is 16.7 Å². The molecule has 0 fully saturated rings. The Balaban J connectivity index is 1.68. The van der Waals surface area contributed by atoms with E-state index in [2.05, 4.69) is 0 Å². The molecule has 28 heavy (non-hydrogen) atoms. The Morgan fingerprint density at radius 3 is 2.21 bits per heavy atom. The first kappa shape index (κ1) is 19.3. The maximum atomic E-state index is 12.3. The Hall–Kier alpha value is -3.51. The van der Waals surface area contributed by atoms with Gasteiger partial charge in [-0.1, -0.05) is 66.2 Å². The molecular weight excluding hydrogens is 382 g/mol. The van der Waals surface area contributed by atoms with Crippen LogP contribution in [0.3, 0.4) is 0 Å². The molecule has 0 atom stereocenters. The lowest BCUT2D eigenvalue weighted by atomic mass is 10.0. The number of ether oxygens (including phenoxy) is 1. The van der Waals surface area contributed by atoms with Crippen LogP contribution in [0.5, 0.6) is 0 Å². The average Bonchev–Trinajstić information content (AvgIpc) is 2.72. The van der Waals surface area contributed by atoms with Gasteiger partial charge in [0.15, 0.2) is 12.4 Å². The minimum Gasteiger partial charge on any atom is -0.454 e. The van der Waals surface area contributed by atoms with Crippen LogP contribution in [0.15, 0.2) is 72.8 Å². The van der Waals surface area contributed by atoms with Gasteiger partial charge in [0.2, 0.25) is 0 Å². The second-order valence-electron chi connectivity index (χ2n) is 5.86. The Morgan fingerprint density at radius 1 is 0.929 bits per heavy atom. The van der Waals surface area contributed by atoms with Gasteiger partial charge in [-0.3, -0.25) is 14.9 Å². The van der Waals surface area contributed by atoms with Gasteiger partial charge in [-0.2, -0.15) is 0 Å². The quantitative estimate of drug-likeness (QED) is 0.255. The summed E-state index contributed by atoms with van der Waals surface area (Å²) in [6.45, 7) is -0.535. The van der Waals surface area contributed by atoms with Crippen molar-refractivity contribution in [3.63, 3.8) is 0 Å². The fourth-order valence-electron chi connectivity index (χ4n) is 2.60. The van der Waals surface area contributed by atoms with E-state index in [9.17, 15) is 19.7 Å². The minimum absolute atomic E-state index is 0.153. The second kappa shape index (κ2) is 8.45. The van der Waals surface area contributed by atoms with E-state index < -0.39 is 29.0 Å². The molecule has 0 heterocycles. The summed E-state index contributed by atoms with van der Waals surface area (Å²) in [4.78, 5) is 34.8. The van der Waals surface area contributed by atoms with E-state index in [1.165, 1.54) is 6.07 Å². The van der Waals surface area contributed by atoms with Crippen molar-refractivity contribution in [2.75, 3.05) is 6.61 Å². The van der Waals surface area contributed by atoms with Crippen LogP contribution in [-0.4, -0.2) is 23.3 Å². The highest BCUT2D eigenvalue weighted by molar-refractivity contribution is 6.31. The Morgan fingerprint density at radius 2 is 1.57 bits per heavy atom. The third-order valence-electron chi connectivity index (χ3n) is 4.02. The average molecular weight is 396 g/mol. The summed E-state index contributed by atoms with van der Waals surface area (Å²) in [5, 5.41) is 11.2. The Bertz CT molecular complexity index is 1030. The van der Waals surface area contributed by atoms with Gasteiger partial charge in [0.25, 0.3) is 5.69 Å². The van der Waals surface area contributed by atoms with Gasteiger partial charge in [0.05, 0.1) is 4.92 Å². The van der Waals surface area contributed by atoms with E-state index in [0.717, 1.165) is 23.3 Å². The predicted octanol–water partition coefficient (Wildman–Crippen LogP) is 4.95. The molecule has 3 rings (SSSR count). The van der Waals surface area contributed by atoms with Gasteiger partial charge in [-0.15, -0.1) is 0 Å². The van der Waals surface area contributed by atoms with E-state index in [1.807, 2.05) is 30.3 Å². The molecule has 6 nitrogen and oxygen atoms in total. The molecule has 3 aromatic carbocycles. The van der Waals surface area contributed by atoms with Crippen LogP contribution in [0.25, 0.3) is 11.1 Å². The number of nitro groups is 1. The van der Waals surface area contributed by atoms with Crippen molar-refractivity contribution in [2.45, 2.75) is 0 Å². The Labute approximate surface area is 165 Å². The van der Waals surface area contributed by atoms with Crippen molar-refractivity contribution in [2.24, 2.45) is 0 Å². The van der Waals surface area contributed by atoms with Gasteiger partial charge in [-0.05, 0) is 23.3 Å². The number of esters is 1. The molecule has 0 spiro atoms. The lowest BCUT2D eigenvalue weighted by Gasteiger charge is -2.07. The maximum Gasteiger partial charge on any atom is 0.345 e. The molecule has 0 amide bonds. The SMILES string of the molecule is O=C(COC(=O)c1cc(Cl)ccc1[N+](=O)[O-])c1ccc(-c2ccccc2)cc1. The molecule has 0 saturated heterocycles. The minimum atomic E-state index is -0.983. The number of nitro benzene ring substituents is 1. The third-order valence-corrected chi connectivity index (χ3v) is 4.26. The molecule has 7 heteroatoms. The zero-order valence-electron chi connectivity index (χ0n) is 14.5. The van der Waals surface area contributed by atoms with Crippen LogP contribution in [-0.2, 0) is 4.74 Å². The summed E-state index contributed by atoms with van der Waals surface area (Å²) in [5.41, 5.74) is 1.59. The van der Waals surface area contributed by atoms with Crippen molar-refractivity contribution in [1.82, 2.24) is 0 Å². The molecule has 0 aliphatic carbocycles. The van der Waals surface area contributed by atoms with Crippen LogP contribution in [0.1, 0.15) is 20.7 Å². The van der Waals surface area contributed by atoms with E-state index in [4.69, 9.17) is 16.3 Å². The summed E-state index contributed by atoms with van der Waals surface area (Å²) in [5.74, 6) is -1.40. The van der Waals surface area contributed by atoms with Gasteiger partial charge >= 0.3 is 5.97 Å². The molecule has 0 aliphatic heterocycles. The van der Waals surface area contributed by atoms with Gasteiger partial charge in [-0.25, -0.2) is 4.79 Å². The summed E-state index contributed by atoms with van der Waals surface area (Å²) in [6, 6.07) is 20.1. The topological polar surface area (TPSA) is 86.5 Å². The molecule has 3 aromatic rings. The molecule has 0 aliphatic rings. The number of benzene rings is 3. The molecule has 140 valence electrons. The first-order chi connectivity index (χ1) is 13.5. The lowest BCUT2D eigenvalue weighted by molar-refractivity contribution is -0.385. The largest absolute Gasteiger partial charge is 0.454 e. The lowest BCUT2D eigenvalue weighted by Crippen LogP contribution is -2.15. The van der Waals surface area contributed by atoms with Crippen LogP contribution >= 0.6 is 11.6 Å². The maximum absolute atomic E-state index is 12.3. The molecular formula is C21H14ClNO5. The number of carbonyl (C=O) groups excluding carboxylic acids is 2. The van der Waals surface area contributed by atoms with Gasteiger partial charge in [0.1, 0.15) is 5.56 Å². The fraction of sp³-hybridized carbons (Fsp3) is 0.0476. The van der Waals surface area contributed by atoms with E-state index >= 15 is 0 Å². The normalized spacial score (nSPS) is 10.3. The van der Waals surface area contributed by atoms with E-state index in [0.29, 0.717) is 5.56 Å². The number of nitrogens with zero attached hydrogens (tertiary/aromatic N) is 1. The number of rotatable bonds is 6. The second-order valence-corrected chi connectivity index (χ2v) is 6.30. The highest BCUT2D eigenvalue weighted by atomic mass is 35.5. The summed E-state index contributed by atoms with van der Waals surface area (Å²) >= 11 is 5.79. The molecule has 0 saturated carbocycles. The van der Waals surface area contributed by atoms with Crippen LogP contribution in [0.4, 0.5) is 5.69 Å². The Kier molecular flexibility index (Phi) is 5.81. The number of Topliss-reactive ketones (excluding diaryl/α,β-unsaturated/α-hetero) is 1. The number of ketones is 1. The predicted molar refractivity (Wildman–Crippen MR) is 105 cm³/mol. The van der Waals surface area contributed by atoms with Gasteiger partial charge < -0.3 is 4.74 Å². The molecule has 0 aromatic heterocycles. The van der Waals surface area contributed by atoms with Crippen molar-refractivity contribution < 1.29 is 19.2 Å². The molecule has 0 radical (unpaired) electrons. The van der Waals surface area contributed by atoms with Crippen molar-refractivity contribution >= 4 is 29.0 Å². The van der Waals surface area contributed by atoms with E-state index in [-0.39, 0.29) is 10.6 Å². The summed E-state index contributed by atoms with van der Waals surface area (Å²) in [6.07, 6.45) is 0. The monoisotopic (exact) mass is 395 g/mol. The van der Waals surface area contributed by atoms with E-state index in [1.54, 1.807) is 24.3 Å². The van der Waals surface area contributed by atoms with Crippen molar-refractivity contribution in [3.8, 4) is 11.1 Å². The molecule has 0 N–H and O–H groups in total. The number of hydrogen-bond donors (Lipinski definition) is 0. The van der Waals surface area contributed by atoms with Crippen LogP contribution in [0, 0.1) is 10.1 Å². The molecule has 0 unspecified atom stereocenters. The molecule has 0 bridgehead atoms. The first-order valence-corrected chi connectivity index (χ1v) is 8.63. The first-order valence-electron chi connectivity index (χ1n) is 8.25. The highest BCUT2D eigenvalue weighted by Crippen LogP contribution is 2.24. The number of halogens is 1. The number of carbonyl (C=O) groups is 2. The summed E-state index contributed by atoms with van der Waals surface area (Å²) in [7, 11) is 0. The van der Waals surface area contributed by atoms with Crippen LogP contribution in [0.2, 0.25) is 5.02 Å². The zero-order valence-corrected chi connectivity index (χ0v) is 15.3. The van der Waals surface area contributed by atoms with Crippen LogP contribution < -0.4 is 0 Å². The number of hydrogen-bond acceptors (Lipinski definition) is 5. The third kappa shape index (κ3) is 4.42. The van der Waals surface area contributed by atoms with Crippen molar-refractivity contribution in [3.05, 3.63) is 99.1 Å². The smallest absolute Gasteiger partial charge is 0.345 e. The zero-order chi connectivity index (χ0) is 20.1. The highest BCUT2D eigenvalue weighted by Gasteiger charge is 2.22. The van der Waals surface area contributed by atoms with Crippen molar-refractivity contribution in [1.29, 1.82) is 0 Å². The summed E-state index contributed by atoms with van der Waals surface area (Å²) < 4.78 is 4.95.